The maximum absolute atomic E-state index is 13.4. The van der Waals surface area contributed by atoms with E-state index >= 15 is 0 Å². The first kappa shape index (κ1) is 11.6. The van der Waals surface area contributed by atoms with Crippen LogP contribution in [0.2, 0.25) is 0 Å². The van der Waals surface area contributed by atoms with Crippen molar-refractivity contribution in [3.05, 3.63) is 29.1 Å². The Balaban J connectivity index is 3.42. The van der Waals surface area contributed by atoms with Gasteiger partial charge in [-0.3, -0.25) is 4.79 Å². The third kappa shape index (κ3) is 2.11. The summed E-state index contributed by atoms with van der Waals surface area (Å²) in [5.74, 6) is -5.20. The molecule has 0 aliphatic carbocycles. The van der Waals surface area contributed by atoms with Crippen LogP contribution in [-0.4, -0.2) is 12.4 Å². The van der Waals surface area contributed by atoms with Crippen LogP contribution in [0.15, 0.2) is 6.07 Å². The first-order valence-electron chi connectivity index (χ1n) is 4.30. The van der Waals surface area contributed by atoms with E-state index in [-0.39, 0.29) is 6.61 Å². The third-order valence-electron chi connectivity index (χ3n) is 1.77. The average molecular weight is 218 g/mol. The predicted octanol–water partition coefficient (Wildman–Crippen LogP) is 2.71. The quantitative estimate of drug-likeness (QED) is 0.729. The van der Waals surface area contributed by atoms with Crippen molar-refractivity contribution in [2.75, 3.05) is 6.61 Å². The molecule has 1 aromatic rings. The van der Waals surface area contributed by atoms with E-state index < -0.39 is 34.5 Å². The highest BCUT2D eigenvalue weighted by atomic mass is 19.1. The van der Waals surface area contributed by atoms with Crippen molar-refractivity contribution in [3.63, 3.8) is 0 Å². The SMILES string of the molecule is CCOc1c(F)cc(F)c(C(C)=O)c1F. The zero-order valence-corrected chi connectivity index (χ0v) is 8.23. The number of carbonyl (C=O) groups excluding carboxylic acids is 1. The molecule has 0 unspecified atom stereocenters. The molecule has 2 nitrogen and oxygen atoms in total. The number of carbonyl (C=O) groups is 1. The van der Waals surface area contributed by atoms with Crippen LogP contribution in [0.4, 0.5) is 13.2 Å². The van der Waals surface area contributed by atoms with E-state index in [1.165, 1.54) is 6.92 Å². The van der Waals surface area contributed by atoms with E-state index in [1.54, 1.807) is 0 Å². The summed E-state index contributed by atoms with van der Waals surface area (Å²) in [5, 5.41) is 0. The fraction of sp³-hybridized carbons (Fsp3) is 0.300. The highest BCUT2D eigenvalue weighted by molar-refractivity contribution is 5.95. The van der Waals surface area contributed by atoms with Crippen molar-refractivity contribution in [3.8, 4) is 5.75 Å². The minimum atomic E-state index is -1.29. The molecule has 1 rings (SSSR count). The normalized spacial score (nSPS) is 10.2. The van der Waals surface area contributed by atoms with Crippen molar-refractivity contribution in [2.45, 2.75) is 13.8 Å². The van der Waals surface area contributed by atoms with Crippen LogP contribution in [-0.2, 0) is 0 Å². The van der Waals surface area contributed by atoms with E-state index in [1.807, 2.05) is 0 Å². The number of hydrogen-bond donors (Lipinski definition) is 0. The van der Waals surface area contributed by atoms with Crippen LogP contribution in [0, 0.1) is 17.5 Å². The highest BCUT2D eigenvalue weighted by Gasteiger charge is 2.22. The second kappa shape index (κ2) is 4.33. The lowest BCUT2D eigenvalue weighted by Gasteiger charge is -2.09. The molecule has 0 amide bonds. The van der Waals surface area contributed by atoms with Crippen molar-refractivity contribution in [1.82, 2.24) is 0 Å². The topological polar surface area (TPSA) is 26.3 Å². The van der Waals surface area contributed by atoms with Gasteiger partial charge in [0.2, 0.25) is 0 Å². The van der Waals surface area contributed by atoms with E-state index in [0.29, 0.717) is 6.07 Å². The van der Waals surface area contributed by atoms with Gasteiger partial charge in [0.25, 0.3) is 0 Å². The Kier molecular flexibility index (Phi) is 3.34. The van der Waals surface area contributed by atoms with Gasteiger partial charge in [0, 0.05) is 6.07 Å². The molecule has 15 heavy (non-hydrogen) atoms. The maximum atomic E-state index is 13.4. The molecule has 0 heterocycles. The summed E-state index contributed by atoms with van der Waals surface area (Å²) in [5.41, 5.74) is -0.778. The fourth-order valence-electron chi connectivity index (χ4n) is 1.17. The molecule has 0 aliphatic rings. The molecule has 0 radical (unpaired) electrons. The standard InChI is InChI=1S/C10H9F3O2/c1-3-15-10-7(12)4-6(11)8(5(2)14)9(10)13/h4H,3H2,1-2H3. The Bertz CT molecular complexity index is 402. The molecule has 82 valence electrons. The molecule has 0 atom stereocenters. The van der Waals surface area contributed by atoms with Crippen LogP contribution in [0.3, 0.4) is 0 Å². The second-order valence-corrected chi connectivity index (χ2v) is 2.85. The van der Waals surface area contributed by atoms with Gasteiger partial charge in [0.1, 0.15) is 5.82 Å². The van der Waals surface area contributed by atoms with E-state index in [9.17, 15) is 18.0 Å². The van der Waals surface area contributed by atoms with Gasteiger partial charge in [-0.05, 0) is 13.8 Å². The zero-order valence-electron chi connectivity index (χ0n) is 8.23. The van der Waals surface area contributed by atoms with E-state index in [2.05, 4.69) is 4.74 Å². The van der Waals surface area contributed by atoms with Crippen molar-refractivity contribution < 1.29 is 22.7 Å². The molecular weight excluding hydrogens is 209 g/mol. The minimum Gasteiger partial charge on any atom is -0.488 e. The molecule has 5 heteroatoms. The molecule has 0 bridgehead atoms. The van der Waals surface area contributed by atoms with Gasteiger partial charge in [-0.15, -0.1) is 0 Å². The number of hydrogen-bond acceptors (Lipinski definition) is 2. The van der Waals surface area contributed by atoms with Gasteiger partial charge < -0.3 is 4.74 Å². The zero-order chi connectivity index (χ0) is 11.6. The van der Waals surface area contributed by atoms with Crippen molar-refractivity contribution in [1.29, 1.82) is 0 Å². The summed E-state index contributed by atoms with van der Waals surface area (Å²) in [6.45, 7) is 2.54. The molecule has 0 N–H and O–H groups in total. The molecule has 0 aliphatic heterocycles. The van der Waals surface area contributed by atoms with Gasteiger partial charge in [-0.25, -0.2) is 13.2 Å². The van der Waals surface area contributed by atoms with Gasteiger partial charge in [0.15, 0.2) is 23.2 Å². The Morgan fingerprint density at radius 2 is 1.93 bits per heavy atom. The molecule has 0 saturated carbocycles. The number of halogens is 3. The van der Waals surface area contributed by atoms with Gasteiger partial charge in [-0.1, -0.05) is 0 Å². The van der Waals surface area contributed by atoms with Crippen LogP contribution >= 0.6 is 0 Å². The maximum Gasteiger partial charge on any atom is 0.191 e. The monoisotopic (exact) mass is 218 g/mol. The van der Waals surface area contributed by atoms with Gasteiger partial charge in [-0.2, -0.15) is 0 Å². The summed E-state index contributed by atoms with van der Waals surface area (Å²) in [6.07, 6.45) is 0. The summed E-state index contributed by atoms with van der Waals surface area (Å²) in [4.78, 5) is 10.9. The molecular formula is C10H9F3O2. The summed E-state index contributed by atoms with van der Waals surface area (Å²) in [6, 6.07) is 0.435. The van der Waals surface area contributed by atoms with Crippen LogP contribution < -0.4 is 4.74 Å². The van der Waals surface area contributed by atoms with Crippen LogP contribution in [0.1, 0.15) is 24.2 Å². The van der Waals surface area contributed by atoms with E-state index in [0.717, 1.165) is 6.92 Å². The number of ether oxygens (including phenoxy) is 1. The van der Waals surface area contributed by atoms with Crippen LogP contribution in [0.5, 0.6) is 5.75 Å². The Morgan fingerprint density at radius 1 is 1.33 bits per heavy atom. The summed E-state index contributed by atoms with van der Waals surface area (Å²) >= 11 is 0. The predicted molar refractivity (Wildman–Crippen MR) is 47.5 cm³/mol. The highest BCUT2D eigenvalue weighted by Crippen LogP contribution is 2.27. The molecule has 0 spiro atoms. The fourth-order valence-corrected chi connectivity index (χ4v) is 1.17. The lowest BCUT2D eigenvalue weighted by molar-refractivity contribution is 0.100. The first-order valence-corrected chi connectivity index (χ1v) is 4.30. The van der Waals surface area contributed by atoms with Crippen molar-refractivity contribution >= 4 is 5.78 Å². The van der Waals surface area contributed by atoms with Crippen LogP contribution in [0.25, 0.3) is 0 Å². The third-order valence-corrected chi connectivity index (χ3v) is 1.77. The van der Waals surface area contributed by atoms with Gasteiger partial charge in [0.05, 0.1) is 12.2 Å². The summed E-state index contributed by atoms with van der Waals surface area (Å²) < 4.78 is 44.1. The number of benzene rings is 1. The molecule has 0 saturated heterocycles. The molecule has 0 fully saturated rings. The minimum absolute atomic E-state index is 0.0246. The lowest BCUT2D eigenvalue weighted by atomic mass is 10.1. The van der Waals surface area contributed by atoms with E-state index in [4.69, 9.17) is 0 Å². The Morgan fingerprint density at radius 3 is 2.40 bits per heavy atom. The Labute approximate surface area is 84.7 Å². The lowest BCUT2D eigenvalue weighted by Crippen LogP contribution is -2.07. The van der Waals surface area contributed by atoms with Crippen molar-refractivity contribution in [2.24, 2.45) is 0 Å². The number of ketones is 1. The molecule has 1 aromatic carbocycles. The number of rotatable bonds is 3. The Hall–Kier alpha value is -1.52. The second-order valence-electron chi connectivity index (χ2n) is 2.85. The molecule has 0 aromatic heterocycles. The largest absolute Gasteiger partial charge is 0.488 e. The average Bonchev–Trinajstić information content (AvgIpc) is 2.11. The summed E-state index contributed by atoms with van der Waals surface area (Å²) in [7, 11) is 0. The smallest absolute Gasteiger partial charge is 0.191 e. The number of Topliss-reactive ketones (excluding diaryl/α,β-unsaturated/α-hetero) is 1. The van der Waals surface area contributed by atoms with Gasteiger partial charge >= 0.3 is 0 Å². The first-order chi connectivity index (χ1) is 6.99.